The molecule has 3 aliphatic heterocycles. The molecule has 0 spiro atoms. The first-order valence-corrected chi connectivity index (χ1v) is 12.5. The quantitative estimate of drug-likeness (QED) is 0.200. The first-order chi connectivity index (χ1) is 15.8. The molecular weight excluding hydrogens is 493 g/mol. The number of thioether (sulfide) groups is 2. The van der Waals surface area contributed by atoms with Crippen LogP contribution in [0.5, 0.6) is 0 Å². The molecule has 0 bridgehead atoms. The molecule has 4 aliphatic rings. The van der Waals surface area contributed by atoms with E-state index >= 15 is 0 Å². The smallest absolute Gasteiger partial charge is 0.352 e. The molecule has 1 aromatic rings. The van der Waals surface area contributed by atoms with E-state index in [0.717, 1.165) is 24.6 Å². The number of aliphatic carboxylic acids is 1. The van der Waals surface area contributed by atoms with Gasteiger partial charge in [-0.05, 0) is 41.3 Å². The number of β-lactam (4-membered cyclic amide) rings is 1. The van der Waals surface area contributed by atoms with E-state index in [9.17, 15) is 24.3 Å². The van der Waals surface area contributed by atoms with Gasteiger partial charge in [0.15, 0.2) is 0 Å². The monoisotopic (exact) mass is 514 g/mol. The zero-order valence-electron chi connectivity index (χ0n) is 18.6. The number of aryl methyl sites for hydroxylation is 1. The summed E-state index contributed by atoms with van der Waals surface area (Å²) in [7, 11) is 1.65. The zero-order chi connectivity index (χ0) is 23.3. The molecule has 5 rings (SSSR count). The minimum Gasteiger partial charge on any atom is -0.477 e. The van der Waals surface area contributed by atoms with E-state index in [2.05, 4.69) is 20.8 Å². The number of carbonyl (C=O) groups is 4. The van der Waals surface area contributed by atoms with Gasteiger partial charge in [-0.15, -0.1) is 16.9 Å². The summed E-state index contributed by atoms with van der Waals surface area (Å²) < 4.78 is 1.43. The molecule has 1 saturated carbocycles. The third kappa shape index (κ3) is 4.65. The maximum Gasteiger partial charge on any atom is 0.352 e. The number of hydrogen-bond donors (Lipinski definition) is 2. The summed E-state index contributed by atoms with van der Waals surface area (Å²) >= 11 is 2.51. The van der Waals surface area contributed by atoms with E-state index in [-0.39, 0.29) is 52.8 Å². The molecule has 0 unspecified atom stereocenters. The van der Waals surface area contributed by atoms with Crippen molar-refractivity contribution in [1.29, 1.82) is 0 Å². The Bertz CT molecular complexity index is 1120. The van der Waals surface area contributed by atoms with Crippen LogP contribution in [0, 0.1) is 0 Å². The topological polar surface area (TPSA) is 151 Å². The summed E-state index contributed by atoms with van der Waals surface area (Å²) in [6.45, 7) is 0.653. The van der Waals surface area contributed by atoms with Crippen molar-refractivity contribution in [3.63, 3.8) is 0 Å². The maximum absolute atomic E-state index is 12.8. The Hall–Kier alpha value is -1.87. The van der Waals surface area contributed by atoms with Crippen molar-refractivity contribution < 1.29 is 24.3 Å². The molecule has 15 heteroatoms. The summed E-state index contributed by atoms with van der Waals surface area (Å²) in [6, 6.07) is -0.492. The van der Waals surface area contributed by atoms with E-state index in [1.807, 2.05) is 4.90 Å². The van der Waals surface area contributed by atoms with Crippen molar-refractivity contribution in [2.24, 2.45) is 7.05 Å². The Morgan fingerprint density at radius 2 is 2.09 bits per heavy atom. The molecule has 1 aliphatic carbocycles. The molecule has 4 heterocycles. The number of hydrogen-bond acceptors (Lipinski definition) is 9. The van der Waals surface area contributed by atoms with Crippen LogP contribution in [0.25, 0.3) is 0 Å². The third-order valence-electron chi connectivity index (χ3n) is 5.92. The van der Waals surface area contributed by atoms with Crippen molar-refractivity contribution in [2.45, 2.75) is 41.9 Å². The van der Waals surface area contributed by atoms with E-state index in [1.165, 1.54) is 21.3 Å². The number of rotatable bonds is 7. The molecule has 0 aromatic carbocycles. The molecule has 12 nitrogen and oxygen atoms in total. The molecule has 3 fully saturated rings. The summed E-state index contributed by atoms with van der Waals surface area (Å²) in [5.41, 5.74) is 0.926. The Morgan fingerprint density at radius 3 is 2.74 bits per heavy atom. The second-order valence-electron chi connectivity index (χ2n) is 8.16. The Labute approximate surface area is 225 Å². The number of nitrogens with zero attached hydrogens (tertiary/aromatic N) is 6. The number of likely N-dealkylation sites (tertiary alicyclic amines) is 1. The van der Waals surface area contributed by atoms with Gasteiger partial charge in [-0.2, -0.15) is 0 Å². The van der Waals surface area contributed by atoms with Gasteiger partial charge in [-0.25, -0.2) is 9.48 Å². The van der Waals surface area contributed by atoms with Gasteiger partial charge in [-0.3, -0.25) is 19.3 Å². The molecular formula is C19H21N7NaO5S2. The number of aromatic nitrogens is 4. The summed E-state index contributed by atoms with van der Waals surface area (Å²) in [4.78, 5) is 52.9. The summed E-state index contributed by atoms with van der Waals surface area (Å²) in [5.74, 6) is -1.75. The number of carboxylic acid groups (broad SMARTS) is 1. The second kappa shape index (κ2) is 10.0. The molecule has 2 N–H and O–H groups in total. The van der Waals surface area contributed by atoms with E-state index < -0.39 is 23.3 Å². The van der Waals surface area contributed by atoms with Crippen LogP contribution in [0.3, 0.4) is 0 Å². The second-order valence-corrected chi connectivity index (χ2v) is 10.2. The van der Waals surface area contributed by atoms with Crippen LogP contribution in [0.1, 0.15) is 19.3 Å². The Morgan fingerprint density at radius 1 is 1.32 bits per heavy atom. The van der Waals surface area contributed by atoms with Crippen LogP contribution in [0.2, 0.25) is 0 Å². The predicted molar refractivity (Wildman–Crippen MR) is 122 cm³/mol. The minimum atomic E-state index is -1.22. The summed E-state index contributed by atoms with van der Waals surface area (Å²) in [6.07, 6.45) is 4.25. The normalized spacial score (nSPS) is 25.3. The van der Waals surface area contributed by atoms with Crippen LogP contribution in [0.4, 0.5) is 0 Å². The SMILES string of the molecule is Cn1nnnc1SCC(=O)N[C@@H]1C(=O)N2C(C(=O)O)=C(C=C3CCN(C4CC4)C3=O)CS[C@H]12.[Na]. The summed E-state index contributed by atoms with van der Waals surface area (Å²) in [5, 5.41) is 23.4. The van der Waals surface area contributed by atoms with Gasteiger partial charge < -0.3 is 15.3 Å². The van der Waals surface area contributed by atoms with E-state index in [0.29, 0.717) is 41.1 Å². The molecule has 1 radical (unpaired) electrons. The van der Waals surface area contributed by atoms with Crippen LogP contribution >= 0.6 is 23.5 Å². The molecule has 175 valence electrons. The molecule has 3 amide bonds. The van der Waals surface area contributed by atoms with Crippen molar-refractivity contribution in [3.8, 4) is 0 Å². The van der Waals surface area contributed by atoms with Crippen molar-refractivity contribution >= 4 is 76.8 Å². The number of tetrazole rings is 1. The van der Waals surface area contributed by atoms with E-state index in [4.69, 9.17) is 0 Å². The Balaban J connectivity index is 0.00000274. The first-order valence-electron chi connectivity index (χ1n) is 10.4. The van der Waals surface area contributed by atoms with Gasteiger partial charge in [0.05, 0.1) is 5.75 Å². The van der Waals surface area contributed by atoms with Gasteiger partial charge in [0.25, 0.3) is 5.91 Å². The van der Waals surface area contributed by atoms with Crippen LogP contribution < -0.4 is 5.32 Å². The zero-order valence-corrected chi connectivity index (χ0v) is 22.3. The standard InChI is InChI=1S/C19H21N7O5S2.Na/c1-24-19(21-22-23-24)33-8-12(27)20-13-16(29)26-14(18(30)31)10(7-32-17(13)26)6-9-4-5-25(15(9)28)11-2-3-11;/h6,11,13,17H,2-5,7-8H2,1H3,(H,20,27)(H,30,31);/t13-,17-;/m1./s1. The van der Waals surface area contributed by atoms with Crippen molar-refractivity contribution in [1.82, 2.24) is 35.3 Å². The van der Waals surface area contributed by atoms with Gasteiger partial charge >= 0.3 is 5.97 Å². The van der Waals surface area contributed by atoms with Gasteiger partial charge in [0, 0.05) is 60.5 Å². The van der Waals surface area contributed by atoms with Gasteiger partial charge in [0.2, 0.25) is 17.0 Å². The first kappa shape index (κ1) is 25.2. The van der Waals surface area contributed by atoms with Gasteiger partial charge in [-0.1, -0.05) is 11.8 Å². The molecule has 2 saturated heterocycles. The van der Waals surface area contributed by atoms with Crippen molar-refractivity contribution in [2.75, 3.05) is 18.1 Å². The average Bonchev–Trinajstić information content (AvgIpc) is 3.45. The number of amides is 3. The maximum atomic E-state index is 12.8. The number of carboxylic acids is 1. The van der Waals surface area contributed by atoms with Crippen LogP contribution in [-0.2, 0) is 26.2 Å². The predicted octanol–water partition coefficient (Wildman–Crippen LogP) is -1.02. The fraction of sp³-hybridized carbons (Fsp3) is 0.526. The average molecular weight is 515 g/mol. The fourth-order valence-corrected chi connectivity index (χ4v) is 6.12. The Kier molecular flexibility index (Phi) is 7.43. The third-order valence-corrected chi connectivity index (χ3v) is 8.24. The minimum absolute atomic E-state index is 0. The van der Waals surface area contributed by atoms with Crippen molar-refractivity contribution in [3.05, 3.63) is 22.9 Å². The van der Waals surface area contributed by atoms with Crippen LogP contribution in [-0.4, -0.2) is 124 Å². The number of fused-ring (bicyclic) bond motifs is 1. The van der Waals surface area contributed by atoms with Crippen LogP contribution in [0.15, 0.2) is 28.1 Å². The molecule has 1 aromatic heterocycles. The largest absolute Gasteiger partial charge is 0.477 e. The number of nitrogens with one attached hydrogen (secondary N) is 1. The fourth-order valence-electron chi connectivity index (χ4n) is 4.16. The molecule has 34 heavy (non-hydrogen) atoms. The number of allylic oxidation sites excluding steroid dienone is 1. The van der Waals surface area contributed by atoms with Gasteiger partial charge in [0.1, 0.15) is 17.1 Å². The number of carbonyl (C=O) groups excluding carboxylic acids is 3. The van der Waals surface area contributed by atoms with E-state index in [1.54, 1.807) is 13.1 Å². The molecule has 2 atom stereocenters.